The van der Waals surface area contributed by atoms with E-state index in [2.05, 4.69) is 155 Å². The van der Waals surface area contributed by atoms with E-state index >= 15 is 0 Å². The van der Waals surface area contributed by atoms with Crippen LogP contribution in [0.15, 0.2) is 168 Å². The lowest BCUT2D eigenvalue weighted by Crippen LogP contribution is -2.00. The minimum absolute atomic E-state index is 0.802. The number of furan rings is 1. The summed E-state index contributed by atoms with van der Waals surface area (Å²) in [5.74, 6) is 0. The average Bonchev–Trinajstić information content (AvgIpc) is 3.81. The number of aromatic nitrogens is 3. The first-order valence-corrected chi connectivity index (χ1v) is 16.6. The maximum Gasteiger partial charge on any atom is 0.154 e. The van der Waals surface area contributed by atoms with Crippen molar-refractivity contribution in [2.75, 3.05) is 0 Å². The molecule has 0 atom stereocenters. The van der Waals surface area contributed by atoms with Gasteiger partial charge in [0, 0.05) is 43.7 Å². The highest BCUT2D eigenvalue weighted by Gasteiger charge is 2.18. The Morgan fingerprint density at radius 1 is 0.388 bits per heavy atom. The lowest BCUT2D eigenvalue weighted by atomic mass is 10.0. The van der Waals surface area contributed by atoms with E-state index < -0.39 is 0 Å². The van der Waals surface area contributed by atoms with Crippen LogP contribution < -0.4 is 0 Å². The van der Waals surface area contributed by atoms with E-state index in [-0.39, 0.29) is 0 Å². The summed E-state index contributed by atoms with van der Waals surface area (Å²) >= 11 is 0. The van der Waals surface area contributed by atoms with Crippen molar-refractivity contribution in [1.82, 2.24) is 14.1 Å². The van der Waals surface area contributed by atoms with Gasteiger partial charge in [-0.15, -0.1) is 0 Å². The number of para-hydroxylation sites is 5. The molecular formula is C45H27N3O. The second kappa shape index (κ2) is 9.93. The Hall–Kier alpha value is -6.65. The summed E-state index contributed by atoms with van der Waals surface area (Å²) in [5.41, 5.74) is 12.7. The van der Waals surface area contributed by atoms with Crippen molar-refractivity contribution in [2.24, 2.45) is 0 Å². The Kier molecular flexibility index (Phi) is 5.35. The van der Waals surface area contributed by atoms with Gasteiger partial charge in [0.05, 0.1) is 27.6 Å². The van der Waals surface area contributed by atoms with Gasteiger partial charge in [-0.3, -0.25) is 0 Å². The summed E-state index contributed by atoms with van der Waals surface area (Å²) in [5, 5.41) is 7.06. The molecule has 4 heteroatoms. The highest BCUT2D eigenvalue weighted by atomic mass is 16.3. The van der Waals surface area contributed by atoms with E-state index in [0.717, 1.165) is 55.5 Å². The van der Waals surface area contributed by atoms with E-state index in [1.54, 1.807) is 0 Å². The zero-order valence-electron chi connectivity index (χ0n) is 26.3. The summed E-state index contributed by atoms with van der Waals surface area (Å²) in [4.78, 5) is 5.05. The molecule has 11 rings (SSSR count). The lowest BCUT2D eigenvalue weighted by Gasteiger charge is -2.16. The van der Waals surface area contributed by atoms with Crippen LogP contribution in [0.5, 0.6) is 0 Å². The molecule has 0 radical (unpaired) electrons. The van der Waals surface area contributed by atoms with Gasteiger partial charge in [-0.05, 0) is 83.9 Å². The van der Waals surface area contributed by atoms with Crippen molar-refractivity contribution in [1.29, 1.82) is 0 Å². The normalized spacial score (nSPS) is 12.1. The summed E-state index contributed by atoms with van der Waals surface area (Å²) < 4.78 is 11.1. The fourth-order valence-corrected chi connectivity index (χ4v) is 7.90. The molecule has 0 bridgehead atoms. The van der Waals surface area contributed by atoms with Gasteiger partial charge in [0.25, 0.3) is 0 Å². The smallest absolute Gasteiger partial charge is 0.154 e. The second-order valence-electron chi connectivity index (χ2n) is 12.8. The van der Waals surface area contributed by atoms with E-state index in [9.17, 15) is 0 Å². The van der Waals surface area contributed by atoms with Crippen LogP contribution in [0.25, 0.3) is 99.1 Å². The van der Waals surface area contributed by atoms with Crippen molar-refractivity contribution in [3.8, 4) is 22.5 Å². The van der Waals surface area contributed by atoms with Crippen molar-refractivity contribution in [3.05, 3.63) is 164 Å². The highest BCUT2D eigenvalue weighted by Crippen LogP contribution is 2.38. The molecule has 4 nitrogen and oxygen atoms in total. The minimum Gasteiger partial charge on any atom is -0.454 e. The van der Waals surface area contributed by atoms with Crippen LogP contribution in [0.3, 0.4) is 0 Å². The standard InChI is InChI=1S/C45H27N3O/c1-6-16-39-33(11-1)34-12-2-7-17-40(34)47(39)31-24-29(25-32(27-31)48-41-18-8-3-13-35(41)36-14-4-9-19-42(36)48)28-21-22-38-30(23-28)26-44-45(46-38)37-15-5-10-20-43(37)49-44/h1-27H. The molecule has 0 saturated heterocycles. The van der Waals surface area contributed by atoms with Crippen molar-refractivity contribution >= 4 is 76.6 Å². The maximum absolute atomic E-state index is 6.24. The lowest BCUT2D eigenvalue weighted by molar-refractivity contribution is 0.669. The zero-order valence-corrected chi connectivity index (χ0v) is 26.3. The Morgan fingerprint density at radius 2 is 0.878 bits per heavy atom. The molecule has 0 N–H and O–H groups in total. The van der Waals surface area contributed by atoms with Gasteiger partial charge in [-0.25, -0.2) is 4.98 Å². The van der Waals surface area contributed by atoms with Crippen molar-refractivity contribution in [2.45, 2.75) is 0 Å². The number of nitrogens with zero attached hydrogens (tertiary/aromatic N) is 3. The van der Waals surface area contributed by atoms with Gasteiger partial charge < -0.3 is 13.6 Å². The van der Waals surface area contributed by atoms with Crippen LogP contribution in [0, 0.1) is 0 Å². The van der Waals surface area contributed by atoms with Gasteiger partial charge in [0.2, 0.25) is 0 Å². The molecule has 4 heterocycles. The molecular weight excluding hydrogens is 599 g/mol. The predicted octanol–water partition coefficient (Wildman–Crippen LogP) is 12.0. The first-order valence-electron chi connectivity index (χ1n) is 16.6. The number of hydrogen-bond donors (Lipinski definition) is 0. The molecule has 0 aliphatic heterocycles. The van der Waals surface area contributed by atoms with E-state index in [1.165, 1.54) is 43.6 Å². The number of hydrogen-bond acceptors (Lipinski definition) is 2. The van der Waals surface area contributed by atoms with Gasteiger partial charge in [0.1, 0.15) is 11.1 Å². The molecule has 0 unspecified atom stereocenters. The Bertz CT molecular complexity index is 2880. The van der Waals surface area contributed by atoms with E-state index in [0.29, 0.717) is 0 Å². The Labute approximate surface area is 280 Å². The fraction of sp³-hybridized carbons (Fsp3) is 0. The molecule has 0 aliphatic rings. The Morgan fingerprint density at radius 3 is 1.43 bits per heavy atom. The van der Waals surface area contributed by atoms with Crippen molar-refractivity contribution < 1.29 is 4.42 Å². The molecule has 49 heavy (non-hydrogen) atoms. The maximum atomic E-state index is 6.24. The first-order chi connectivity index (χ1) is 24.3. The second-order valence-corrected chi connectivity index (χ2v) is 12.8. The van der Waals surface area contributed by atoms with Crippen LogP contribution in [-0.4, -0.2) is 14.1 Å². The molecule has 0 aliphatic carbocycles. The molecule has 0 saturated carbocycles. The molecule has 11 aromatic rings. The van der Waals surface area contributed by atoms with Crippen LogP contribution in [-0.2, 0) is 0 Å². The van der Waals surface area contributed by atoms with Gasteiger partial charge in [-0.1, -0.05) is 91.0 Å². The molecule has 0 amide bonds. The largest absolute Gasteiger partial charge is 0.454 e. The number of benzene rings is 7. The SMILES string of the molecule is c1ccc2c(c1)oc1cc3cc(-c4cc(-n5c6ccccc6c6ccccc65)cc(-n5c6ccccc6c6ccccc65)c4)ccc3nc12. The summed E-state index contributed by atoms with van der Waals surface area (Å²) in [6.45, 7) is 0. The highest BCUT2D eigenvalue weighted by molar-refractivity contribution is 6.11. The third-order valence-electron chi connectivity index (χ3n) is 10.1. The summed E-state index contributed by atoms with van der Waals surface area (Å²) in [6, 6.07) is 58.6. The zero-order chi connectivity index (χ0) is 32.1. The summed E-state index contributed by atoms with van der Waals surface area (Å²) in [6.07, 6.45) is 0. The van der Waals surface area contributed by atoms with Gasteiger partial charge in [0.15, 0.2) is 5.58 Å². The van der Waals surface area contributed by atoms with Crippen LogP contribution >= 0.6 is 0 Å². The molecule has 0 spiro atoms. The molecule has 4 aromatic heterocycles. The number of pyridine rings is 1. The van der Waals surface area contributed by atoms with E-state index in [4.69, 9.17) is 9.40 Å². The molecule has 228 valence electrons. The fourth-order valence-electron chi connectivity index (χ4n) is 7.90. The predicted molar refractivity (Wildman–Crippen MR) is 203 cm³/mol. The first kappa shape index (κ1) is 26.4. The number of rotatable bonds is 3. The monoisotopic (exact) mass is 625 g/mol. The van der Waals surface area contributed by atoms with Crippen LogP contribution in [0.2, 0.25) is 0 Å². The molecule has 7 aromatic carbocycles. The average molecular weight is 626 g/mol. The Balaban J connectivity index is 1.21. The minimum atomic E-state index is 0.802. The van der Waals surface area contributed by atoms with Crippen LogP contribution in [0.4, 0.5) is 0 Å². The molecule has 0 fully saturated rings. The summed E-state index contributed by atoms with van der Waals surface area (Å²) in [7, 11) is 0. The third-order valence-corrected chi connectivity index (χ3v) is 10.1. The topological polar surface area (TPSA) is 35.9 Å². The van der Waals surface area contributed by atoms with E-state index in [1.807, 2.05) is 18.2 Å². The third kappa shape index (κ3) is 3.83. The van der Waals surface area contributed by atoms with Crippen LogP contribution in [0.1, 0.15) is 0 Å². The number of fused-ring (bicyclic) bond motifs is 10. The van der Waals surface area contributed by atoms with Gasteiger partial charge >= 0.3 is 0 Å². The van der Waals surface area contributed by atoms with Crippen molar-refractivity contribution in [3.63, 3.8) is 0 Å². The van der Waals surface area contributed by atoms with Gasteiger partial charge in [-0.2, -0.15) is 0 Å². The quantitative estimate of drug-likeness (QED) is 0.196.